The zero-order valence-electron chi connectivity index (χ0n) is 10.8. The lowest BCUT2D eigenvalue weighted by Crippen LogP contribution is -2.23. The standard InChI is InChI=1S/C14H15BrClN3/c1-9(10-4-3-5-12(16)6-10)19(2)14-13(17)7-11(15)8-18-14/h3-9H,17H2,1-2H3. The molecule has 3 nitrogen and oxygen atoms in total. The summed E-state index contributed by atoms with van der Waals surface area (Å²) in [5.41, 5.74) is 7.78. The van der Waals surface area contributed by atoms with Crippen molar-refractivity contribution < 1.29 is 0 Å². The third kappa shape index (κ3) is 3.19. The molecule has 1 aromatic heterocycles. The van der Waals surface area contributed by atoms with E-state index in [0.717, 1.165) is 20.9 Å². The van der Waals surface area contributed by atoms with Gasteiger partial charge in [-0.15, -0.1) is 0 Å². The highest BCUT2D eigenvalue weighted by atomic mass is 79.9. The topological polar surface area (TPSA) is 42.2 Å². The molecule has 0 saturated heterocycles. The molecule has 1 unspecified atom stereocenters. The lowest BCUT2D eigenvalue weighted by molar-refractivity contribution is 0.730. The summed E-state index contributed by atoms with van der Waals surface area (Å²) in [5, 5.41) is 0.731. The molecule has 1 aromatic carbocycles. The highest BCUT2D eigenvalue weighted by Gasteiger charge is 2.16. The summed E-state index contributed by atoms with van der Waals surface area (Å²) in [4.78, 5) is 6.40. The average molecular weight is 341 g/mol. The van der Waals surface area contributed by atoms with E-state index in [-0.39, 0.29) is 6.04 Å². The Morgan fingerprint density at radius 3 is 2.74 bits per heavy atom. The fourth-order valence-corrected chi connectivity index (χ4v) is 2.46. The van der Waals surface area contributed by atoms with Crippen molar-refractivity contribution in [3.05, 3.63) is 51.6 Å². The van der Waals surface area contributed by atoms with Crippen LogP contribution in [-0.4, -0.2) is 12.0 Å². The van der Waals surface area contributed by atoms with E-state index in [1.165, 1.54) is 0 Å². The first-order valence-electron chi connectivity index (χ1n) is 5.88. The fraction of sp³-hybridized carbons (Fsp3) is 0.214. The molecule has 0 fully saturated rings. The maximum Gasteiger partial charge on any atom is 0.152 e. The first-order chi connectivity index (χ1) is 8.99. The molecule has 1 atom stereocenters. The number of anilines is 2. The van der Waals surface area contributed by atoms with E-state index < -0.39 is 0 Å². The molecule has 0 radical (unpaired) electrons. The first-order valence-corrected chi connectivity index (χ1v) is 7.05. The van der Waals surface area contributed by atoms with Crippen LogP contribution in [0.2, 0.25) is 5.02 Å². The number of hydrogen-bond acceptors (Lipinski definition) is 3. The molecule has 0 bridgehead atoms. The molecule has 0 spiro atoms. The van der Waals surface area contributed by atoms with Gasteiger partial charge in [-0.1, -0.05) is 23.7 Å². The average Bonchev–Trinajstić information content (AvgIpc) is 2.37. The molecular formula is C14H15BrClN3. The van der Waals surface area contributed by atoms with Crippen molar-refractivity contribution >= 4 is 39.0 Å². The number of nitrogens with zero attached hydrogens (tertiary/aromatic N) is 2. The monoisotopic (exact) mass is 339 g/mol. The quantitative estimate of drug-likeness (QED) is 0.907. The molecule has 0 aliphatic rings. The summed E-state index contributed by atoms with van der Waals surface area (Å²) in [5.74, 6) is 0.760. The Balaban J connectivity index is 2.30. The van der Waals surface area contributed by atoms with Gasteiger partial charge in [-0.3, -0.25) is 0 Å². The Labute approximate surface area is 126 Å². The van der Waals surface area contributed by atoms with Crippen LogP contribution in [0.1, 0.15) is 18.5 Å². The summed E-state index contributed by atoms with van der Waals surface area (Å²) in [6.07, 6.45) is 1.74. The van der Waals surface area contributed by atoms with E-state index in [4.69, 9.17) is 17.3 Å². The van der Waals surface area contributed by atoms with Crippen LogP contribution in [0, 0.1) is 0 Å². The van der Waals surface area contributed by atoms with Crippen LogP contribution in [0.5, 0.6) is 0 Å². The summed E-state index contributed by atoms with van der Waals surface area (Å²) in [6.45, 7) is 2.09. The summed E-state index contributed by atoms with van der Waals surface area (Å²) in [7, 11) is 1.97. The van der Waals surface area contributed by atoms with Crippen molar-refractivity contribution in [1.82, 2.24) is 4.98 Å². The van der Waals surface area contributed by atoms with Gasteiger partial charge in [0.05, 0.1) is 11.7 Å². The maximum absolute atomic E-state index is 6.03. The predicted molar refractivity (Wildman–Crippen MR) is 84.6 cm³/mol. The third-order valence-electron chi connectivity index (χ3n) is 3.11. The van der Waals surface area contributed by atoms with Crippen LogP contribution in [0.4, 0.5) is 11.5 Å². The second kappa shape index (κ2) is 5.80. The van der Waals surface area contributed by atoms with Crippen molar-refractivity contribution in [3.63, 3.8) is 0 Å². The molecule has 100 valence electrons. The zero-order chi connectivity index (χ0) is 14.0. The summed E-state index contributed by atoms with van der Waals surface area (Å²) < 4.78 is 0.873. The Morgan fingerprint density at radius 2 is 2.11 bits per heavy atom. The third-order valence-corrected chi connectivity index (χ3v) is 3.78. The van der Waals surface area contributed by atoms with Crippen LogP contribution in [0.25, 0.3) is 0 Å². The number of hydrogen-bond donors (Lipinski definition) is 1. The Kier molecular flexibility index (Phi) is 4.32. The smallest absolute Gasteiger partial charge is 0.152 e. The largest absolute Gasteiger partial charge is 0.396 e. The van der Waals surface area contributed by atoms with Crippen LogP contribution >= 0.6 is 27.5 Å². The summed E-state index contributed by atoms with van der Waals surface area (Å²) in [6, 6.07) is 9.79. The van der Waals surface area contributed by atoms with Gasteiger partial charge in [0.25, 0.3) is 0 Å². The zero-order valence-corrected chi connectivity index (χ0v) is 13.1. The first kappa shape index (κ1) is 14.2. The highest BCUT2D eigenvalue weighted by molar-refractivity contribution is 9.10. The van der Waals surface area contributed by atoms with Gasteiger partial charge in [0.15, 0.2) is 5.82 Å². The van der Waals surface area contributed by atoms with Crippen LogP contribution < -0.4 is 10.6 Å². The minimum absolute atomic E-state index is 0.134. The normalized spacial score (nSPS) is 12.2. The van der Waals surface area contributed by atoms with E-state index in [9.17, 15) is 0 Å². The molecular weight excluding hydrogens is 326 g/mol. The van der Waals surface area contributed by atoms with Gasteiger partial charge in [0.1, 0.15) is 0 Å². The molecule has 1 heterocycles. The minimum atomic E-state index is 0.134. The molecule has 2 aromatic rings. The lowest BCUT2D eigenvalue weighted by Gasteiger charge is -2.27. The van der Waals surface area contributed by atoms with E-state index in [1.807, 2.05) is 42.3 Å². The second-order valence-corrected chi connectivity index (χ2v) is 5.76. The minimum Gasteiger partial charge on any atom is -0.396 e. The predicted octanol–water partition coefficient (Wildman–Crippen LogP) is 4.28. The molecule has 5 heteroatoms. The molecule has 0 aliphatic heterocycles. The fourth-order valence-electron chi connectivity index (χ4n) is 1.92. The van der Waals surface area contributed by atoms with Crippen molar-refractivity contribution in [2.75, 3.05) is 17.7 Å². The van der Waals surface area contributed by atoms with E-state index in [1.54, 1.807) is 6.20 Å². The molecule has 0 saturated carbocycles. The Bertz CT molecular complexity index is 589. The van der Waals surface area contributed by atoms with E-state index >= 15 is 0 Å². The molecule has 2 rings (SSSR count). The molecule has 0 amide bonds. The lowest BCUT2D eigenvalue weighted by atomic mass is 10.1. The second-order valence-electron chi connectivity index (χ2n) is 4.41. The number of halogens is 2. The van der Waals surface area contributed by atoms with Gasteiger partial charge in [0, 0.05) is 22.7 Å². The summed E-state index contributed by atoms with van der Waals surface area (Å²) >= 11 is 9.39. The van der Waals surface area contributed by atoms with E-state index in [2.05, 4.69) is 27.8 Å². The van der Waals surface area contributed by atoms with Crippen molar-refractivity contribution in [2.45, 2.75) is 13.0 Å². The van der Waals surface area contributed by atoms with Crippen LogP contribution in [-0.2, 0) is 0 Å². The van der Waals surface area contributed by atoms with Crippen LogP contribution in [0.3, 0.4) is 0 Å². The molecule has 2 N–H and O–H groups in total. The Hall–Kier alpha value is -1.26. The number of rotatable bonds is 3. The highest BCUT2D eigenvalue weighted by Crippen LogP contribution is 2.30. The number of aromatic nitrogens is 1. The number of pyridine rings is 1. The number of benzene rings is 1. The van der Waals surface area contributed by atoms with Gasteiger partial charge >= 0.3 is 0 Å². The van der Waals surface area contributed by atoms with Crippen molar-refractivity contribution in [3.8, 4) is 0 Å². The van der Waals surface area contributed by atoms with Gasteiger partial charge in [0.2, 0.25) is 0 Å². The SMILES string of the molecule is CC(c1cccc(Cl)c1)N(C)c1ncc(Br)cc1N. The van der Waals surface area contributed by atoms with Crippen molar-refractivity contribution in [2.24, 2.45) is 0 Å². The van der Waals surface area contributed by atoms with Gasteiger partial charge in [-0.25, -0.2) is 4.98 Å². The van der Waals surface area contributed by atoms with Crippen LogP contribution in [0.15, 0.2) is 41.0 Å². The number of nitrogens with two attached hydrogens (primary N) is 1. The molecule has 19 heavy (non-hydrogen) atoms. The van der Waals surface area contributed by atoms with Gasteiger partial charge < -0.3 is 10.6 Å². The molecule has 0 aliphatic carbocycles. The number of nitrogen functional groups attached to an aromatic ring is 1. The van der Waals surface area contributed by atoms with E-state index in [0.29, 0.717) is 5.69 Å². The van der Waals surface area contributed by atoms with Gasteiger partial charge in [-0.05, 0) is 46.6 Å². The van der Waals surface area contributed by atoms with Gasteiger partial charge in [-0.2, -0.15) is 0 Å². The van der Waals surface area contributed by atoms with Crippen molar-refractivity contribution in [1.29, 1.82) is 0 Å². The Morgan fingerprint density at radius 1 is 1.37 bits per heavy atom. The maximum atomic E-state index is 6.03.